The zero-order chi connectivity index (χ0) is 16.4. The molecule has 1 fully saturated rings. The minimum atomic E-state index is 0.0967. The van der Waals surface area contributed by atoms with Gasteiger partial charge in [-0.2, -0.15) is 5.10 Å². The van der Waals surface area contributed by atoms with Crippen LogP contribution in [0.1, 0.15) is 48.5 Å². The van der Waals surface area contributed by atoms with Crippen molar-refractivity contribution in [2.45, 2.75) is 39.3 Å². The van der Waals surface area contributed by atoms with Gasteiger partial charge in [-0.25, -0.2) is 0 Å². The van der Waals surface area contributed by atoms with Crippen molar-refractivity contribution in [3.63, 3.8) is 0 Å². The average Bonchev–Trinajstić information content (AvgIpc) is 2.95. The third-order valence-corrected chi connectivity index (χ3v) is 4.54. The summed E-state index contributed by atoms with van der Waals surface area (Å²) in [7, 11) is 1.97. The Balaban J connectivity index is 1.69. The van der Waals surface area contributed by atoms with Gasteiger partial charge >= 0.3 is 0 Å². The van der Waals surface area contributed by atoms with E-state index >= 15 is 0 Å². The van der Waals surface area contributed by atoms with Gasteiger partial charge in [0.1, 0.15) is 6.10 Å². The van der Waals surface area contributed by atoms with Crippen molar-refractivity contribution in [1.29, 1.82) is 0 Å². The lowest BCUT2D eigenvalue weighted by Gasteiger charge is -2.33. The van der Waals surface area contributed by atoms with Gasteiger partial charge in [0.15, 0.2) is 0 Å². The van der Waals surface area contributed by atoms with E-state index in [0.29, 0.717) is 5.92 Å². The summed E-state index contributed by atoms with van der Waals surface area (Å²) in [5, 5.41) is 4.25. The van der Waals surface area contributed by atoms with Crippen LogP contribution in [-0.4, -0.2) is 39.4 Å². The Labute approximate surface area is 138 Å². The van der Waals surface area contributed by atoms with E-state index in [0.717, 1.165) is 37.6 Å². The van der Waals surface area contributed by atoms with Crippen molar-refractivity contribution < 1.29 is 4.74 Å². The molecule has 0 aliphatic carbocycles. The predicted molar refractivity (Wildman–Crippen MR) is 90.2 cm³/mol. The number of hydrogen-bond donors (Lipinski definition) is 0. The summed E-state index contributed by atoms with van der Waals surface area (Å²) >= 11 is 0. The second kappa shape index (κ2) is 6.81. The summed E-state index contributed by atoms with van der Waals surface area (Å²) in [4.78, 5) is 7.19. The highest BCUT2D eigenvalue weighted by Gasteiger charge is 2.24. The van der Waals surface area contributed by atoms with Crippen LogP contribution in [0.15, 0.2) is 24.4 Å². The normalized spacial score (nSPS) is 19.4. The molecular weight excluding hydrogens is 288 g/mol. The van der Waals surface area contributed by atoms with Crippen LogP contribution in [0.5, 0.6) is 0 Å². The monoisotopic (exact) mass is 314 g/mol. The zero-order valence-corrected chi connectivity index (χ0v) is 14.5. The van der Waals surface area contributed by atoms with E-state index in [1.165, 1.54) is 11.3 Å². The molecule has 2 aromatic heterocycles. The standard InChI is InChI=1S/C18H26N4O/c1-13(2)16-6-5-15(14(3)20-16)11-22-9-10-23-18(12-22)17-7-8-19-21(17)4/h5-8,13,18H,9-12H2,1-4H3. The zero-order valence-electron chi connectivity index (χ0n) is 14.5. The number of pyridine rings is 1. The van der Waals surface area contributed by atoms with E-state index in [1.807, 2.05) is 24.0 Å². The van der Waals surface area contributed by atoms with E-state index < -0.39 is 0 Å². The Morgan fingerprint density at radius 2 is 2.13 bits per heavy atom. The fraction of sp³-hybridized carbons (Fsp3) is 0.556. The Kier molecular flexibility index (Phi) is 4.78. The van der Waals surface area contributed by atoms with Crippen LogP contribution in [0.4, 0.5) is 0 Å². The molecular formula is C18H26N4O. The molecule has 3 heterocycles. The summed E-state index contributed by atoms with van der Waals surface area (Å²) in [6.07, 6.45) is 1.93. The third kappa shape index (κ3) is 3.62. The molecule has 1 saturated heterocycles. The van der Waals surface area contributed by atoms with E-state index in [-0.39, 0.29) is 6.10 Å². The minimum Gasteiger partial charge on any atom is -0.369 e. The molecule has 0 radical (unpaired) electrons. The van der Waals surface area contributed by atoms with Gasteiger partial charge < -0.3 is 4.74 Å². The second-order valence-electron chi connectivity index (χ2n) is 6.61. The van der Waals surface area contributed by atoms with Crippen LogP contribution in [0, 0.1) is 6.92 Å². The van der Waals surface area contributed by atoms with Crippen LogP contribution in [-0.2, 0) is 18.3 Å². The lowest BCUT2D eigenvalue weighted by molar-refractivity contribution is -0.0367. The number of rotatable bonds is 4. The van der Waals surface area contributed by atoms with Crippen LogP contribution in [0.2, 0.25) is 0 Å². The molecule has 5 nitrogen and oxygen atoms in total. The van der Waals surface area contributed by atoms with Crippen molar-refractivity contribution in [3.05, 3.63) is 47.0 Å². The SMILES string of the molecule is Cc1nc(C(C)C)ccc1CN1CCOC(c2ccnn2C)C1. The maximum atomic E-state index is 5.93. The number of aryl methyl sites for hydroxylation is 2. The van der Waals surface area contributed by atoms with Crippen molar-refractivity contribution in [3.8, 4) is 0 Å². The molecule has 0 aromatic carbocycles. The molecule has 23 heavy (non-hydrogen) atoms. The molecule has 2 aromatic rings. The molecule has 1 aliphatic rings. The average molecular weight is 314 g/mol. The Morgan fingerprint density at radius 3 is 2.78 bits per heavy atom. The van der Waals surface area contributed by atoms with Crippen LogP contribution in [0.3, 0.4) is 0 Å². The summed E-state index contributed by atoms with van der Waals surface area (Å²) in [5.41, 5.74) is 4.75. The number of morpholine rings is 1. The summed E-state index contributed by atoms with van der Waals surface area (Å²) < 4.78 is 7.83. The maximum absolute atomic E-state index is 5.93. The molecule has 0 N–H and O–H groups in total. The predicted octanol–water partition coefficient (Wildman–Crippen LogP) is 2.82. The number of hydrogen-bond acceptors (Lipinski definition) is 4. The van der Waals surface area contributed by atoms with Crippen LogP contribution < -0.4 is 0 Å². The first kappa shape index (κ1) is 16.1. The first-order valence-electron chi connectivity index (χ1n) is 8.33. The molecule has 0 spiro atoms. The molecule has 124 valence electrons. The Hall–Kier alpha value is -1.72. The fourth-order valence-corrected chi connectivity index (χ4v) is 3.06. The van der Waals surface area contributed by atoms with Crippen molar-refractivity contribution in [2.75, 3.05) is 19.7 Å². The Morgan fingerprint density at radius 1 is 1.30 bits per heavy atom. The number of nitrogens with zero attached hydrogens (tertiary/aromatic N) is 4. The molecule has 1 aliphatic heterocycles. The first-order valence-corrected chi connectivity index (χ1v) is 8.33. The molecule has 5 heteroatoms. The highest BCUT2D eigenvalue weighted by Crippen LogP contribution is 2.23. The molecule has 3 rings (SSSR count). The van der Waals surface area contributed by atoms with Gasteiger partial charge in [-0.05, 0) is 30.5 Å². The van der Waals surface area contributed by atoms with Gasteiger partial charge in [0.2, 0.25) is 0 Å². The Bertz CT molecular complexity index is 665. The quantitative estimate of drug-likeness (QED) is 0.870. The molecule has 0 bridgehead atoms. The van der Waals surface area contributed by atoms with Gasteiger partial charge in [-0.15, -0.1) is 0 Å². The summed E-state index contributed by atoms with van der Waals surface area (Å²) in [6.45, 7) is 10.0. The number of ether oxygens (including phenoxy) is 1. The van der Waals surface area contributed by atoms with Crippen molar-refractivity contribution in [1.82, 2.24) is 19.7 Å². The third-order valence-electron chi connectivity index (χ3n) is 4.54. The topological polar surface area (TPSA) is 43.2 Å². The number of aromatic nitrogens is 3. The smallest absolute Gasteiger partial charge is 0.112 e. The van der Waals surface area contributed by atoms with Crippen molar-refractivity contribution in [2.24, 2.45) is 7.05 Å². The van der Waals surface area contributed by atoms with Crippen LogP contribution >= 0.6 is 0 Å². The maximum Gasteiger partial charge on any atom is 0.112 e. The van der Waals surface area contributed by atoms with Crippen LogP contribution in [0.25, 0.3) is 0 Å². The van der Waals surface area contributed by atoms with E-state index in [1.54, 1.807) is 0 Å². The molecule has 0 saturated carbocycles. The first-order chi connectivity index (χ1) is 11.0. The molecule has 0 amide bonds. The highest BCUT2D eigenvalue weighted by molar-refractivity contribution is 5.23. The summed E-state index contributed by atoms with van der Waals surface area (Å²) in [6, 6.07) is 6.43. The molecule has 1 unspecified atom stereocenters. The lowest BCUT2D eigenvalue weighted by atomic mass is 10.1. The van der Waals surface area contributed by atoms with Gasteiger partial charge in [-0.1, -0.05) is 19.9 Å². The van der Waals surface area contributed by atoms with E-state index in [2.05, 4.69) is 42.9 Å². The lowest BCUT2D eigenvalue weighted by Crippen LogP contribution is -2.38. The minimum absolute atomic E-state index is 0.0967. The largest absolute Gasteiger partial charge is 0.369 e. The van der Waals surface area contributed by atoms with E-state index in [9.17, 15) is 0 Å². The van der Waals surface area contributed by atoms with Gasteiger partial charge in [0, 0.05) is 44.3 Å². The van der Waals surface area contributed by atoms with Crippen molar-refractivity contribution >= 4 is 0 Å². The van der Waals surface area contributed by atoms with Gasteiger partial charge in [0.05, 0.1) is 12.3 Å². The van der Waals surface area contributed by atoms with Gasteiger partial charge in [-0.3, -0.25) is 14.6 Å². The second-order valence-corrected chi connectivity index (χ2v) is 6.61. The summed E-state index contributed by atoms with van der Waals surface area (Å²) in [5.74, 6) is 0.473. The van der Waals surface area contributed by atoms with E-state index in [4.69, 9.17) is 9.72 Å². The highest BCUT2D eigenvalue weighted by atomic mass is 16.5. The fourth-order valence-electron chi connectivity index (χ4n) is 3.06. The van der Waals surface area contributed by atoms with Gasteiger partial charge in [0.25, 0.3) is 0 Å². The molecule has 1 atom stereocenters.